The lowest BCUT2D eigenvalue weighted by molar-refractivity contribution is -0.119. The van der Waals surface area contributed by atoms with Crippen LogP contribution < -0.4 is 14.8 Å². The topological polar surface area (TPSA) is 79.9 Å². The van der Waals surface area contributed by atoms with Crippen molar-refractivity contribution >= 4 is 35.1 Å². The second kappa shape index (κ2) is 18.4. The molecule has 0 aromatic heterocycles. The van der Waals surface area contributed by atoms with Crippen molar-refractivity contribution in [1.29, 1.82) is 0 Å². The van der Waals surface area contributed by atoms with Crippen molar-refractivity contribution in [3.8, 4) is 16.9 Å². The van der Waals surface area contributed by atoms with Gasteiger partial charge >= 0.3 is 6.09 Å². The van der Waals surface area contributed by atoms with Crippen LogP contribution in [0.15, 0.2) is 89.8 Å². The third-order valence-electron chi connectivity index (χ3n) is 9.65. The molecule has 1 saturated carbocycles. The second-order valence-corrected chi connectivity index (χ2v) is 16.1. The predicted octanol–water partition coefficient (Wildman–Crippen LogP) is 9.95. The van der Waals surface area contributed by atoms with Crippen LogP contribution in [0.3, 0.4) is 0 Å². The summed E-state index contributed by atoms with van der Waals surface area (Å²) in [5, 5.41) is 4.84. The molecule has 6 rings (SSSR count). The number of likely N-dealkylation sites (tertiary alicyclic amines) is 1. The van der Waals surface area contributed by atoms with Gasteiger partial charge in [0.1, 0.15) is 23.7 Å². The van der Waals surface area contributed by atoms with E-state index in [9.17, 15) is 9.59 Å². The van der Waals surface area contributed by atoms with Gasteiger partial charge in [-0.25, -0.2) is 9.52 Å². The molecule has 0 bridgehead atoms. The van der Waals surface area contributed by atoms with Gasteiger partial charge in [0.2, 0.25) is 0 Å². The average molecular weight is 746 g/mol. The van der Waals surface area contributed by atoms with Crippen molar-refractivity contribution in [2.45, 2.75) is 94.8 Å². The van der Waals surface area contributed by atoms with Gasteiger partial charge in [-0.3, -0.25) is 0 Å². The van der Waals surface area contributed by atoms with E-state index in [2.05, 4.69) is 22.0 Å². The molecule has 0 spiro atoms. The van der Waals surface area contributed by atoms with Crippen molar-refractivity contribution in [3.05, 3.63) is 96.1 Å². The van der Waals surface area contributed by atoms with Gasteiger partial charge in [0.15, 0.2) is 0 Å². The fourth-order valence-electron chi connectivity index (χ4n) is 6.47. The van der Waals surface area contributed by atoms with Gasteiger partial charge in [-0.05, 0) is 150 Å². The number of piperidine rings is 1. The Balaban J connectivity index is 0.000000285. The number of fused-ring (bicyclic) bond motifs is 1. The lowest BCUT2D eigenvalue weighted by Gasteiger charge is -2.29. The monoisotopic (exact) mass is 745 g/mol. The number of hydrogen-bond acceptors (Lipinski definition) is 7. The second-order valence-electron chi connectivity index (χ2n) is 15.2. The lowest BCUT2D eigenvalue weighted by Crippen LogP contribution is -2.41. The summed E-state index contributed by atoms with van der Waals surface area (Å²) in [5.74, 6) is -1.92. The summed E-state index contributed by atoms with van der Waals surface area (Å²) in [6.07, 6.45) is 7.20. The van der Waals surface area contributed by atoms with E-state index in [1.807, 2.05) is 88.4 Å². The highest BCUT2D eigenvalue weighted by molar-refractivity contribution is 7.97. The number of aryl methyl sites for hydroxylation is 1. The summed E-state index contributed by atoms with van der Waals surface area (Å²) in [6.45, 7) is 10.6. The fraction of sp³-hybridized carbons (Fsp3) is 0.442. The average Bonchev–Trinajstić information content (AvgIpc) is 3.64. The summed E-state index contributed by atoms with van der Waals surface area (Å²) in [4.78, 5) is 26.2. The van der Waals surface area contributed by atoms with E-state index in [0.717, 1.165) is 95.4 Å². The molecule has 284 valence electrons. The number of nitrogens with one attached hydrogen (secondary N) is 2. The number of ether oxygens (including phenoxy) is 2. The molecule has 4 aromatic carbocycles. The van der Waals surface area contributed by atoms with Crippen LogP contribution in [0.2, 0.25) is 0 Å². The third-order valence-corrected chi connectivity index (χ3v) is 10.5. The van der Waals surface area contributed by atoms with E-state index in [4.69, 9.17) is 9.47 Å². The van der Waals surface area contributed by atoms with Gasteiger partial charge < -0.3 is 24.5 Å². The van der Waals surface area contributed by atoms with Crippen molar-refractivity contribution < 1.29 is 27.8 Å². The minimum atomic E-state index is -3.37. The number of carbonyl (C=O) groups is 2. The molecule has 10 heteroatoms. The first-order valence-electron chi connectivity index (χ1n) is 18.6. The van der Waals surface area contributed by atoms with Crippen LogP contribution in [-0.4, -0.2) is 61.7 Å². The van der Waals surface area contributed by atoms with Crippen LogP contribution in [0.4, 0.5) is 13.6 Å². The Morgan fingerprint density at radius 1 is 0.887 bits per heavy atom. The van der Waals surface area contributed by atoms with Crippen LogP contribution in [0.25, 0.3) is 21.9 Å². The molecule has 2 fully saturated rings. The Labute approximate surface area is 317 Å². The molecule has 0 radical (unpaired) electrons. The van der Waals surface area contributed by atoms with Crippen LogP contribution in [0.1, 0.15) is 70.4 Å². The fourth-order valence-corrected chi connectivity index (χ4v) is 7.26. The maximum atomic E-state index is 15.3. The number of nitrogens with zero attached hydrogens (tertiary/aromatic N) is 1. The zero-order valence-electron chi connectivity index (χ0n) is 31.5. The van der Waals surface area contributed by atoms with E-state index in [-0.39, 0.29) is 24.0 Å². The largest absolute Gasteiger partial charge is 0.490 e. The van der Waals surface area contributed by atoms with Crippen molar-refractivity contribution in [3.63, 3.8) is 0 Å². The first-order valence-corrected chi connectivity index (χ1v) is 19.4. The summed E-state index contributed by atoms with van der Waals surface area (Å²) in [5.41, 5.74) is 2.32. The van der Waals surface area contributed by atoms with Gasteiger partial charge in [-0.15, -0.1) is 0 Å². The Morgan fingerprint density at radius 3 is 2.11 bits per heavy atom. The zero-order valence-corrected chi connectivity index (χ0v) is 32.3. The maximum absolute atomic E-state index is 15.3. The molecule has 1 aliphatic carbocycles. The molecule has 2 N–H and O–H groups in total. The standard InChI is InChI=1S/C31H29F2NO2S.C12H24N2O2/c1-21-6-8-22(9-7-21)23-10-14-26(15-11-23)31(32,33)30(20-35)34-37-29-17-13-24-18-28(16-12-25(24)19-29)36-27-4-2-3-5-27;1-12(2,3)16-11(15)13-9-10-5-7-14(4)8-6-10/h6-20,27,30,34H,2-5H2,1H3;10H,5-9H2,1-4H3,(H,13,15). The molecule has 1 aliphatic heterocycles. The van der Waals surface area contributed by atoms with E-state index in [0.29, 0.717) is 5.92 Å². The van der Waals surface area contributed by atoms with Gasteiger partial charge in [-0.2, -0.15) is 8.78 Å². The SMILES string of the molecule is CN1CCC(CNC(=O)OC(C)(C)C)CC1.Cc1ccc(-c2ccc(C(F)(F)C(C=O)NSc3ccc4cc(OC5CCCC5)ccc4c3)cc2)cc1. The molecule has 4 aromatic rings. The number of aldehydes is 1. The van der Waals surface area contributed by atoms with Gasteiger partial charge in [0.25, 0.3) is 5.92 Å². The Bertz CT molecular complexity index is 1780. The van der Waals surface area contributed by atoms with Crippen molar-refractivity contribution in [2.75, 3.05) is 26.7 Å². The minimum Gasteiger partial charge on any atom is -0.490 e. The Kier molecular flexibility index (Phi) is 13.9. The summed E-state index contributed by atoms with van der Waals surface area (Å²) >= 11 is 1.03. The van der Waals surface area contributed by atoms with Crippen molar-refractivity contribution in [2.24, 2.45) is 5.92 Å². The number of halogens is 2. The van der Waals surface area contributed by atoms with Crippen LogP contribution >= 0.6 is 11.9 Å². The Morgan fingerprint density at radius 2 is 1.49 bits per heavy atom. The number of benzene rings is 4. The van der Waals surface area contributed by atoms with Crippen molar-refractivity contribution in [1.82, 2.24) is 14.9 Å². The first-order chi connectivity index (χ1) is 25.3. The van der Waals surface area contributed by atoms with Gasteiger partial charge in [-0.1, -0.05) is 66.2 Å². The van der Waals surface area contributed by atoms with Gasteiger partial charge in [0.05, 0.1) is 6.10 Å². The highest BCUT2D eigenvalue weighted by Gasteiger charge is 2.41. The predicted molar refractivity (Wildman–Crippen MR) is 211 cm³/mol. The quantitative estimate of drug-likeness (QED) is 0.117. The summed E-state index contributed by atoms with van der Waals surface area (Å²) in [7, 11) is 2.14. The lowest BCUT2D eigenvalue weighted by atomic mass is 9.97. The highest BCUT2D eigenvalue weighted by Crippen LogP contribution is 2.35. The molecule has 1 heterocycles. The van der Waals surface area contributed by atoms with E-state index >= 15 is 8.78 Å². The number of rotatable bonds is 11. The molecule has 1 atom stereocenters. The molecule has 1 unspecified atom stereocenters. The number of hydrogen-bond donors (Lipinski definition) is 2. The highest BCUT2D eigenvalue weighted by atomic mass is 32.2. The van der Waals surface area contributed by atoms with E-state index < -0.39 is 17.6 Å². The number of alkyl halides is 2. The summed E-state index contributed by atoms with van der Waals surface area (Å²) < 4.78 is 44.5. The molecular weight excluding hydrogens is 693 g/mol. The molecule has 1 saturated heterocycles. The first kappa shape index (κ1) is 40.2. The number of amides is 1. The molecular formula is C43H53F2N3O4S. The zero-order chi connectivity index (χ0) is 38.0. The summed E-state index contributed by atoms with van der Waals surface area (Å²) in [6, 6.07) is 24.0. The van der Waals surface area contributed by atoms with Crippen LogP contribution in [0.5, 0.6) is 5.75 Å². The molecule has 2 aliphatic rings. The third kappa shape index (κ3) is 12.0. The smallest absolute Gasteiger partial charge is 0.407 e. The van der Waals surface area contributed by atoms with Crippen LogP contribution in [-0.2, 0) is 15.5 Å². The molecule has 7 nitrogen and oxygen atoms in total. The molecule has 53 heavy (non-hydrogen) atoms. The minimum absolute atomic E-state index is 0.207. The molecule has 1 amide bonds. The van der Waals surface area contributed by atoms with E-state index in [1.54, 1.807) is 12.1 Å². The number of alkyl carbamates (subject to hydrolysis) is 1. The Hall–Kier alpha value is -3.99. The number of carbonyl (C=O) groups excluding carboxylic acids is 2. The van der Waals surface area contributed by atoms with Gasteiger partial charge in [0, 0.05) is 17.0 Å². The van der Waals surface area contributed by atoms with Crippen LogP contribution in [0, 0.1) is 12.8 Å². The maximum Gasteiger partial charge on any atom is 0.407 e. The normalized spacial score (nSPS) is 16.4. The van der Waals surface area contributed by atoms with E-state index in [1.165, 1.54) is 25.0 Å².